The Morgan fingerprint density at radius 2 is 1.87 bits per heavy atom. The van der Waals surface area contributed by atoms with E-state index >= 15 is 0 Å². The van der Waals surface area contributed by atoms with Crippen molar-refractivity contribution in [2.24, 2.45) is 4.99 Å². The number of hydrogen-bond acceptors (Lipinski definition) is 9. The van der Waals surface area contributed by atoms with Crippen molar-refractivity contribution < 1.29 is 23.7 Å². The number of esters is 1. The summed E-state index contributed by atoms with van der Waals surface area (Å²) in [6.45, 7) is 7.78. The summed E-state index contributed by atoms with van der Waals surface area (Å²) in [6, 6.07) is 21.4. The second kappa shape index (κ2) is 13.7. The first-order valence-corrected chi connectivity index (χ1v) is 15.3. The third-order valence-electron chi connectivity index (χ3n) is 7.09. The molecule has 0 aliphatic carbocycles. The number of carbonyl (C=O) groups excluding carboxylic acids is 1. The molecule has 0 bridgehead atoms. The van der Waals surface area contributed by atoms with E-state index in [2.05, 4.69) is 11.1 Å². The number of nitriles is 1. The van der Waals surface area contributed by atoms with Gasteiger partial charge < -0.3 is 18.9 Å². The van der Waals surface area contributed by atoms with E-state index in [0.717, 1.165) is 11.1 Å². The SMILES string of the molecule is CCOC(=O)C1=C(C)N=c2s/c(=C\c3ccc(OCc4ccccc4C#N)cc3)c(=O)n2[C@H]1c1ccc(OC(C)C)c(OC)c1. The van der Waals surface area contributed by atoms with E-state index in [9.17, 15) is 14.9 Å². The third-order valence-corrected chi connectivity index (χ3v) is 8.08. The normalized spacial score (nSPS) is 14.4. The van der Waals surface area contributed by atoms with Gasteiger partial charge in [0.2, 0.25) is 0 Å². The molecule has 0 saturated carbocycles. The standard InChI is InChI=1S/C35H33N3O6S/c1-6-42-34(40)31-22(4)37-35-38(32(31)24-13-16-28(44-21(2)3)29(18-24)41-5)33(39)30(45-35)17-23-11-14-27(15-12-23)43-20-26-10-8-7-9-25(26)19-36/h7-18,21,32H,6,20H2,1-5H3/b30-17-/t32-/m0/s1. The van der Waals surface area contributed by atoms with Gasteiger partial charge in [0.05, 0.1) is 53.3 Å². The molecule has 0 unspecified atom stereocenters. The molecule has 4 aromatic rings. The quantitative estimate of drug-likeness (QED) is 0.228. The van der Waals surface area contributed by atoms with Gasteiger partial charge in [0.1, 0.15) is 12.4 Å². The molecule has 230 valence electrons. The number of fused-ring (bicyclic) bond motifs is 1. The topological polar surface area (TPSA) is 112 Å². The third kappa shape index (κ3) is 6.69. The van der Waals surface area contributed by atoms with Crippen LogP contribution in [0.5, 0.6) is 17.2 Å². The highest BCUT2D eigenvalue weighted by molar-refractivity contribution is 7.07. The van der Waals surface area contributed by atoms with Crippen molar-refractivity contribution in [1.29, 1.82) is 5.26 Å². The summed E-state index contributed by atoms with van der Waals surface area (Å²) >= 11 is 1.25. The van der Waals surface area contributed by atoms with E-state index in [4.69, 9.17) is 18.9 Å². The van der Waals surface area contributed by atoms with E-state index in [0.29, 0.717) is 43.4 Å². The molecular weight excluding hydrogens is 590 g/mol. The lowest BCUT2D eigenvalue weighted by atomic mass is 9.95. The van der Waals surface area contributed by atoms with Gasteiger partial charge in [0, 0.05) is 5.56 Å². The van der Waals surface area contributed by atoms with E-state index in [-0.39, 0.29) is 30.5 Å². The molecule has 0 N–H and O–H groups in total. The molecule has 2 heterocycles. The highest BCUT2D eigenvalue weighted by atomic mass is 32.1. The van der Waals surface area contributed by atoms with E-state index < -0.39 is 12.0 Å². The molecule has 0 radical (unpaired) electrons. The molecule has 5 rings (SSSR count). The average Bonchev–Trinajstić information content (AvgIpc) is 3.33. The zero-order valence-corrected chi connectivity index (χ0v) is 26.5. The van der Waals surface area contributed by atoms with Crippen molar-refractivity contribution in [3.63, 3.8) is 0 Å². The number of allylic oxidation sites excluding steroid dienone is 1. The molecule has 0 amide bonds. The zero-order valence-electron chi connectivity index (χ0n) is 25.7. The van der Waals surface area contributed by atoms with Gasteiger partial charge in [0.15, 0.2) is 16.3 Å². The minimum atomic E-state index is -0.781. The fourth-order valence-electron chi connectivity index (χ4n) is 5.04. The fraction of sp³-hybridized carbons (Fsp3) is 0.257. The summed E-state index contributed by atoms with van der Waals surface area (Å²) in [5, 5.41) is 9.32. The molecule has 1 aromatic heterocycles. The Kier molecular flexibility index (Phi) is 9.50. The summed E-state index contributed by atoms with van der Waals surface area (Å²) in [6.07, 6.45) is 1.72. The zero-order chi connectivity index (χ0) is 32.1. The molecule has 9 nitrogen and oxygen atoms in total. The van der Waals surface area contributed by atoms with Crippen LogP contribution in [-0.4, -0.2) is 30.4 Å². The molecular formula is C35H33N3O6S. The second-order valence-corrected chi connectivity index (χ2v) is 11.5. The second-order valence-electron chi connectivity index (χ2n) is 10.5. The molecule has 1 atom stereocenters. The van der Waals surface area contributed by atoms with Crippen LogP contribution >= 0.6 is 11.3 Å². The Labute approximate surface area is 264 Å². The lowest BCUT2D eigenvalue weighted by Gasteiger charge is -2.25. The number of rotatable bonds is 10. The molecule has 3 aromatic carbocycles. The van der Waals surface area contributed by atoms with Gasteiger partial charge in [0.25, 0.3) is 5.56 Å². The molecule has 0 saturated heterocycles. The Balaban J connectivity index is 1.52. The predicted octanol–water partition coefficient (Wildman–Crippen LogP) is 5.04. The monoisotopic (exact) mass is 623 g/mol. The Morgan fingerprint density at radius 3 is 2.56 bits per heavy atom. The summed E-state index contributed by atoms with van der Waals surface area (Å²) in [5.74, 6) is 1.14. The maximum atomic E-state index is 14.0. The van der Waals surface area contributed by atoms with E-state index in [1.54, 1.807) is 45.2 Å². The number of thiazole rings is 1. The van der Waals surface area contributed by atoms with Gasteiger partial charge in [-0.3, -0.25) is 9.36 Å². The van der Waals surface area contributed by atoms with Gasteiger partial charge >= 0.3 is 5.97 Å². The van der Waals surface area contributed by atoms with Crippen LogP contribution in [0.25, 0.3) is 6.08 Å². The number of methoxy groups -OCH3 is 1. The largest absolute Gasteiger partial charge is 0.493 e. The van der Waals surface area contributed by atoms with Crippen molar-refractivity contribution in [3.8, 4) is 23.3 Å². The average molecular weight is 624 g/mol. The van der Waals surface area contributed by atoms with Crippen molar-refractivity contribution >= 4 is 23.4 Å². The molecule has 0 fully saturated rings. The minimum Gasteiger partial charge on any atom is -0.493 e. The number of ether oxygens (including phenoxy) is 4. The van der Waals surface area contributed by atoms with Crippen molar-refractivity contribution in [2.75, 3.05) is 13.7 Å². The van der Waals surface area contributed by atoms with Crippen LogP contribution in [-0.2, 0) is 16.1 Å². The van der Waals surface area contributed by atoms with Crippen molar-refractivity contribution in [3.05, 3.63) is 120 Å². The Morgan fingerprint density at radius 1 is 1.11 bits per heavy atom. The number of hydrogen-bond donors (Lipinski definition) is 0. The van der Waals surface area contributed by atoms with Crippen LogP contribution in [0.2, 0.25) is 0 Å². The fourth-order valence-corrected chi connectivity index (χ4v) is 6.09. The maximum absolute atomic E-state index is 14.0. The Hall–Kier alpha value is -5.14. The van der Waals surface area contributed by atoms with Crippen molar-refractivity contribution in [2.45, 2.75) is 46.4 Å². The predicted molar refractivity (Wildman–Crippen MR) is 171 cm³/mol. The lowest BCUT2D eigenvalue weighted by molar-refractivity contribution is -0.139. The highest BCUT2D eigenvalue weighted by Crippen LogP contribution is 2.36. The summed E-state index contributed by atoms with van der Waals surface area (Å²) in [4.78, 5) is 32.4. The van der Waals surface area contributed by atoms with Crippen molar-refractivity contribution in [1.82, 2.24) is 4.57 Å². The Bertz CT molecular complexity index is 1980. The molecule has 0 spiro atoms. The number of aromatic nitrogens is 1. The van der Waals surface area contributed by atoms with E-state index in [1.165, 1.54) is 15.9 Å². The van der Waals surface area contributed by atoms with Crippen LogP contribution in [0.4, 0.5) is 0 Å². The lowest BCUT2D eigenvalue weighted by Crippen LogP contribution is -2.40. The first-order valence-electron chi connectivity index (χ1n) is 14.5. The smallest absolute Gasteiger partial charge is 0.338 e. The van der Waals surface area contributed by atoms with Crippen LogP contribution in [0.15, 0.2) is 87.8 Å². The van der Waals surface area contributed by atoms with Gasteiger partial charge in [-0.2, -0.15) is 5.26 Å². The molecule has 10 heteroatoms. The maximum Gasteiger partial charge on any atom is 0.338 e. The molecule has 45 heavy (non-hydrogen) atoms. The van der Waals surface area contributed by atoms with Crippen LogP contribution in [0, 0.1) is 11.3 Å². The first kappa shape index (κ1) is 31.3. The number of carbonyl (C=O) groups is 1. The minimum absolute atomic E-state index is 0.0689. The van der Waals surface area contributed by atoms with Gasteiger partial charge in [-0.05, 0) is 75.2 Å². The number of nitrogens with zero attached hydrogens (tertiary/aromatic N) is 3. The molecule has 1 aliphatic rings. The van der Waals surface area contributed by atoms with E-state index in [1.807, 2.05) is 62.4 Å². The summed E-state index contributed by atoms with van der Waals surface area (Å²) < 4.78 is 24.8. The highest BCUT2D eigenvalue weighted by Gasteiger charge is 2.34. The van der Waals surface area contributed by atoms with Crippen LogP contribution in [0.1, 0.15) is 56.0 Å². The summed E-state index contributed by atoms with van der Waals surface area (Å²) in [5.41, 5.74) is 3.31. The molecule has 1 aliphatic heterocycles. The van der Waals surface area contributed by atoms with Gasteiger partial charge in [-0.15, -0.1) is 0 Å². The van der Waals surface area contributed by atoms with Gasteiger partial charge in [-0.1, -0.05) is 47.7 Å². The van der Waals surface area contributed by atoms with Gasteiger partial charge in [-0.25, -0.2) is 9.79 Å². The first-order chi connectivity index (χ1) is 21.7. The number of benzene rings is 3. The van der Waals surface area contributed by atoms with Crippen LogP contribution < -0.4 is 29.1 Å². The van der Waals surface area contributed by atoms with Crippen LogP contribution in [0.3, 0.4) is 0 Å². The summed E-state index contributed by atoms with van der Waals surface area (Å²) in [7, 11) is 1.55.